The molecule has 2 aromatic rings. The molecule has 2 atom stereocenters. The zero-order valence-electron chi connectivity index (χ0n) is 14.8. The van der Waals surface area contributed by atoms with Crippen LogP contribution in [0.4, 0.5) is 0 Å². The Labute approximate surface area is 154 Å². The summed E-state index contributed by atoms with van der Waals surface area (Å²) < 4.78 is 6.23. The van der Waals surface area contributed by atoms with Crippen molar-refractivity contribution in [3.05, 3.63) is 76.5 Å². The van der Waals surface area contributed by atoms with Gasteiger partial charge in [0.25, 0.3) is 0 Å². The van der Waals surface area contributed by atoms with E-state index in [1.54, 1.807) is 0 Å². The Hall–Kier alpha value is -2.68. The van der Waals surface area contributed by atoms with Gasteiger partial charge in [0.15, 0.2) is 0 Å². The first-order valence-corrected chi connectivity index (χ1v) is 9.44. The van der Waals surface area contributed by atoms with Crippen molar-refractivity contribution in [1.29, 1.82) is 0 Å². The number of hydrogen-bond acceptors (Lipinski definition) is 3. The second kappa shape index (κ2) is 6.56. The number of rotatable bonds is 4. The minimum atomic E-state index is 0.232. The van der Waals surface area contributed by atoms with Crippen molar-refractivity contribution in [3.63, 3.8) is 0 Å². The lowest BCUT2D eigenvalue weighted by Gasteiger charge is -2.17. The average molecular weight is 342 g/mol. The summed E-state index contributed by atoms with van der Waals surface area (Å²) in [7, 11) is 0. The van der Waals surface area contributed by atoms with Crippen LogP contribution in [0.2, 0.25) is 0 Å². The van der Waals surface area contributed by atoms with Crippen LogP contribution in [0.5, 0.6) is 5.75 Å². The molecule has 5 rings (SSSR count). The summed E-state index contributed by atoms with van der Waals surface area (Å²) in [6.07, 6.45) is 8.27. The summed E-state index contributed by atoms with van der Waals surface area (Å²) in [5.41, 5.74) is 6.57. The van der Waals surface area contributed by atoms with Crippen molar-refractivity contribution in [2.75, 3.05) is 6.54 Å². The lowest BCUT2D eigenvalue weighted by atomic mass is 9.92. The Morgan fingerprint density at radius 3 is 2.88 bits per heavy atom. The first-order chi connectivity index (χ1) is 12.8. The Morgan fingerprint density at radius 2 is 1.96 bits per heavy atom. The standard InChI is InChI=1S/C23H22N2O/c1-2-4-16(5-3-1)10-17-6-7-23-18(11-17)12-20(26-23)13-19-14-25-22-8-9-24-15-21(19)22/h1-7,11,14-15,19-20H,8-10,12-13H2. The van der Waals surface area contributed by atoms with E-state index in [2.05, 4.69) is 64.7 Å². The average Bonchev–Trinajstić information content (AvgIpc) is 3.26. The van der Waals surface area contributed by atoms with E-state index in [4.69, 9.17) is 4.74 Å². The number of ether oxygens (including phenoxy) is 1. The van der Waals surface area contributed by atoms with Crippen LogP contribution in [-0.2, 0) is 12.8 Å². The molecule has 0 aliphatic carbocycles. The molecule has 3 heterocycles. The summed E-state index contributed by atoms with van der Waals surface area (Å²) in [6, 6.07) is 17.3. The van der Waals surface area contributed by atoms with Crippen LogP contribution in [0.15, 0.2) is 69.8 Å². The van der Waals surface area contributed by atoms with Gasteiger partial charge in [-0.25, -0.2) is 0 Å². The maximum absolute atomic E-state index is 6.23. The number of hydrogen-bond donors (Lipinski definition) is 0. The van der Waals surface area contributed by atoms with Crippen molar-refractivity contribution >= 4 is 12.4 Å². The molecule has 26 heavy (non-hydrogen) atoms. The van der Waals surface area contributed by atoms with E-state index in [1.165, 1.54) is 28.0 Å². The highest BCUT2D eigenvalue weighted by molar-refractivity contribution is 5.91. The first kappa shape index (κ1) is 15.6. The number of fused-ring (bicyclic) bond motifs is 1. The van der Waals surface area contributed by atoms with Crippen LogP contribution in [0.25, 0.3) is 0 Å². The van der Waals surface area contributed by atoms with E-state index < -0.39 is 0 Å². The third kappa shape index (κ3) is 2.98. The number of aliphatic imine (C=N–C) groups is 2. The molecule has 0 radical (unpaired) electrons. The molecule has 0 amide bonds. The Morgan fingerprint density at radius 1 is 1.04 bits per heavy atom. The van der Waals surface area contributed by atoms with Gasteiger partial charge in [-0.1, -0.05) is 42.5 Å². The predicted molar refractivity (Wildman–Crippen MR) is 105 cm³/mol. The fourth-order valence-electron chi connectivity index (χ4n) is 4.18. The van der Waals surface area contributed by atoms with Crippen LogP contribution in [0.3, 0.4) is 0 Å². The smallest absolute Gasteiger partial charge is 0.123 e. The normalized spacial score (nSPS) is 23.1. The largest absolute Gasteiger partial charge is 0.490 e. The number of nitrogens with zero attached hydrogens (tertiary/aromatic N) is 2. The molecule has 0 spiro atoms. The molecule has 0 bridgehead atoms. The number of benzene rings is 2. The van der Waals surface area contributed by atoms with E-state index in [-0.39, 0.29) is 6.10 Å². The van der Waals surface area contributed by atoms with E-state index in [0.29, 0.717) is 5.92 Å². The minimum absolute atomic E-state index is 0.232. The van der Waals surface area contributed by atoms with Crippen LogP contribution < -0.4 is 4.74 Å². The van der Waals surface area contributed by atoms with Gasteiger partial charge in [-0.2, -0.15) is 0 Å². The third-order valence-corrected chi connectivity index (χ3v) is 5.49. The van der Waals surface area contributed by atoms with Gasteiger partial charge in [-0.3, -0.25) is 9.98 Å². The SMILES string of the molecule is C1=NCCC2=C1C(CC1Cc3cc(Cc4ccccc4)ccc3O1)C=N2. The summed E-state index contributed by atoms with van der Waals surface area (Å²) in [5, 5.41) is 0. The molecule has 0 fully saturated rings. The van der Waals surface area contributed by atoms with Gasteiger partial charge in [0.1, 0.15) is 11.9 Å². The highest BCUT2D eigenvalue weighted by Gasteiger charge is 2.30. The fourth-order valence-corrected chi connectivity index (χ4v) is 4.18. The summed E-state index contributed by atoms with van der Waals surface area (Å²) in [4.78, 5) is 9.03. The Balaban J connectivity index is 1.27. The third-order valence-electron chi connectivity index (χ3n) is 5.49. The summed E-state index contributed by atoms with van der Waals surface area (Å²) >= 11 is 0. The van der Waals surface area contributed by atoms with Crippen molar-refractivity contribution < 1.29 is 4.74 Å². The van der Waals surface area contributed by atoms with Crippen LogP contribution >= 0.6 is 0 Å². The molecular formula is C23H22N2O. The lowest BCUT2D eigenvalue weighted by Crippen LogP contribution is -2.20. The van der Waals surface area contributed by atoms with Gasteiger partial charge in [0.05, 0.1) is 0 Å². The van der Waals surface area contributed by atoms with Crippen molar-refractivity contribution in [2.24, 2.45) is 15.9 Å². The maximum Gasteiger partial charge on any atom is 0.123 e. The maximum atomic E-state index is 6.23. The molecule has 0 aromatic heterocycles. The molecule has 0 saturated carbocycles. The quantitative estimate of drug-likeness (QED) is 0.811. The van der Waals surface area contributed by atoms with E-state index in [1.807, 2.05) is 6.21 Å². The molecule has 2 aromatic carbocycles. The van der Waals surface area contributed by atoms with Crippen LogP contribution in [0.1, 0.15) is 29.5 Å². The zero-order chi connectivity index (χ0) is 17.3. The molecule has 0 saturated heterocycles. The van der Waals surface area contributed by atoms with Gasteiger partial charge in [-0.05, 0) is 35.6 Å². The topological polar surface area (TPSA) is 34.0 Å². The molecule has 3 aliphatic rings. The summed E-state index contributed by atoms with van der Waals surface area (Å²) in [5.74, 6) is 1.41. The monoisotopic (exact) mass is 342 g/mol. The highest BCUT2D eigenvalue weighted by Crippen LogP contribution is 2.35. The van der Waals surface area contributed by atoms with Gasteiger partial charge in [0.2, 0.25) is 0 Å². The second-order valence-corrected chi connectivity index (χ2v) is 7.36. The van der Waals surface area contributed by atoms with E-state index in [0.717, 1.165) is 38.0 Å². The lowest BCUT2D eigenvalue weighted by molar-refractivity contribution is 0.215. The first-order valence-electron chi connectivity index (χ1n) is 9.44. The zero-order valence-corrected chi connectivity index (χ0v) is 14.8. The molecule has 2 unspecified atom stereocenters. The Kier molecular flexibility index (Phi) is 3.93. The fraction of sp³-hybridized carbons (Fsp3) is 0.304. The highest BCUT2D eigenvalue weighted by atomic mass is 16.5. The predicted octanol–water partition coefficient (Wildman–Crippen LogP) is 4.40. The Bertz CT molecular complexity index is 911. The summed E-state index contributed by atoms with van der Waals surface area (Å²) in [6.45, 7) is 0.873. The second-order valence-electron chi connectivity index (χ2n) is 7.36. The molecule has 0 N–H and O–H groups in total. The number of allylic oxidation sites excluding steroid dienone is 1. The van der Waals surface area contributed by atoms with Crippen molar-refractivity contribution in [2.45, 2.75) is 31.8 Å². The van der Waals surface area contributed by atoms with E-state index in [9.17, 15) is 0 Å². The number of dihydropyridines is 1. The van der Waals surface area contributed by atoms with Gasteiger partial charge in [-0.15, -0.1) is 0 Å². The molecule has 130 valence electrons. The van der Waals surface area contributed by atoms with Gasteiger partial charge in [0, 0.05) is 49.0 Å². The van der Waals surface area contributed by atoms with Crippen molar-refractivity contribution in [3.8, 4) is 5.75 Å². The van der Waals surface area contributed by atoms with Crippen molar-refractivity contribution in [1.82, 2.24) is 0 Å². The van der Waals surface area contributed by atoms with Crippen LogP contribution in [-0.4, -0.2) is 25.1 Å². The van der Waals surface area contributed by atoms with Gasteiger partial charge < -0.3 is 4.74 Å². The molecule has 3 heteroatoms. The molecular weight excluding hydrogens is 320 g/mol. The molecule has 3 nitrogen and oxygen atoms in total. The molecule has 3 aliphatic heterocycles. The minimum Gasteiger partial charge on any atom is -0.490 e. The van der Waals surface area contributed by atoms with Crippen LogP contribution in [0, 0.1) is 5.92 Å². The van der Waals surface area contributed by atoms with E-state index >= 15 is 0 Å². The van der Waals surface area contributed by atoms with Gasteiger partial charge >= 0.3 is 0 Å².